The van der Waals surface area contributed by atoms with Crippen LogP contribution in [0, 0.1) is 5.82 Å². The normalized spacial score (nSPS) is 12.3. The fourth-order valence-electron chi connectivity index (χ4n) is 1.60. The smallest absolute Gasteiger partial charge is 0.412 e. The van der Waals surface area contributed by atoms with Crippen LogP contribution in [0.2, 0.25) is 0 Å². The van der Waals surface area contributed by atoms with E-state index in [4.69, 9.17) is 4.74 Å². The highest BCUT2D eigenvalue weighted by molar-refractivity contribution is 5.86. The standard InChI is InChI=1S/C15H21FN2O4/c1-9(13(19)21-5)17-12-8-10(6-7-11(12)16)18-14(20)22-15(2,3)4/h6-9,17H,1-5H3,(H,18,20). The number of esters is 1. The molecule has 122 valence electrons. The van der Waals surface area contributed by atoms with Crippen molar-refractivity contribution in [1.82, 2.24) is 0 Å². The van der Waals surface area contributed by atoms with Gasteiger partial charge in [0, 0.05) is 5.69 Å². The molecule has 7 heteroatoms. The maximum Gasteiger partial charge on any atom is 0.412 e. The number of hydrogen-bond donors (Lipinski definition) is 2. The summed E-state index contributed by atoms with van der Waals surface area (Å²) in [6.45, 7) is 6.76. The fourth-order valence-corrected chi connectivity index (χ4v) is 1.60. The first kappa shape index (κ1) is 17.7. The molecule has 0 saturated carbocycles. The van der Waals surface area contributed by atoms with E-state index in [1.807, 2.05) is 0 Å². The topological polar surface area (TPSA) is 76.7 Å². The van der Waals surface area contributed by atoms with E-state index in [0.717, 1.165) is 0 Å². The predicted molar refractivity (Wildman–Crippen MR) is 81.4 cm³/mol. The molecular formula is C15H21FN2O4. The highest BCUT2D eigenvalue weighted by atomic mass is 19.1. The van der Waals surface area contributed by atoms with Gasteiger partial charge < -0.3 is 14.8 Å². The van der Waals surface area contributed by atoms with Crippen LogP contribution in [-0.4, -0.2) is 30.8 Å². The van der Waals surface area contributed by atoms with E-state index in [9.17, 15) is 14.0 Å². The lowest BCUT2D eigenvalue weighted by atomic mass is 10.2. The van der Waals surface area contributed by atoms with Crippen LogP contribution in [0.1, 0.15) is 27.7 Å². The average Bonchev–Trinajstić information content (AvgIpc) is 2.39. The van der Waals surface area contributed by atoms with Gasteiger partial charge in [-0.2, -0.15) is 0 Å². The SMILES string of the molecule is COC(=O)C(C)Nc1cc(NC(=O)OC(C)(C)C)ccc1F. The van der Waals surface area contributed by atoms with Gasteiger partial charge in [0.1, 0.15) is 17.5 Å². The molecule has 6 nitrogen and oxygen atoms in total. The van der Waals surface area contributed by atoms with E-state index in [-0.39, 0.29) is 5.69 Å². The average molecular weight is 312 g/mol. The molecule has 0 saturated heterocycles. The van der Waals surface area contributed by atoms with Crippen LogP contribution in [0.4, 0.5) is 20.6 Å². The zero-order valence-electron chi connectivity index (χ0n) is 13.3. The summed E-state index contributed by atoms with van der Waals surface area (Å²) >= 11 is 0. The van der Waals surface area contributed by atoms with Gasteiger partial charge >= 0.3 is 12.1 Å². The molecule has 2 N–H and O–H groups in total. The number of amides is 1. The van der Waals surface area contributed by atoms with Gasteiger partial charge in [-0.05, 0) is 45.9 Å². The Labute approximate surface area is 129 Å². The van der Waals surface area contributed by atoms with Crippen molar-refractivity contribution < 1.29 is 23.5 Å². The van der Waals surface area contributed by atoms with Crippen molar-refractivity contribution in [2.45, 2.75) is 39.3 Å². The predicted octanol–water partition coefficient (Wildman–Crippen LogP) is 3.15. The molecular weight excluding hydrogens is 291 g/mol. The van der Waals surface area contributed by atoms with Crippen LogP contribution >= 0.6 is 0 Å². The summed E-state index contributed by atoms with van der Waals surface area (Å²) in [6, 6.07) is 3.22. The van der Waals surface area contributed by atoms with Crippen molar-refractivity contribution in [1.29, 1.82) is 0 Å². The van der Waals surface area contributed by atoms with Gasteiger partial charge in [0.25, 0.3) is 0 Å². The van der Waals surface area contributed by atoms with Crippen molar-refractivity contribution in [2.24, 2.45) is 0 Å². The number of hydrogen-bond acceptors (Lipinski definition) is 5. The van der Waals surface area contributed by atoms with Crippen molar-refractivity contribution >= 4 is 23.4 Å². The van der Waals surface area contributed by atoms with Crippen molar-refractivity contribution in [2.75, 3.05) is 17.7 Å². The molecule has 0 bridgehead atoms. The second kappa shape index (κ2) is 7.11. The van der Waals surface area contributed by atoms with Gasteiger partial charge in [-0.15, -0.1) is 0 Å². The first-order valence-electron chi connectivity index (χ1n) is 6.76. The molecule has 0 aromatic heterocycles. The number of carbonyl (C=O) groups is 2. The van der Waals surface area contributed by atoms with Gasteiger partial charge in [-0.25, -0.2) is 14.0 Å². The molecule has 0 radical (unpaired) electrons. The second-order valence-corrected chi connectivity index (χ2v) is 5.71. The minimum atomic E-state index is -0.726. The Morgan fingerprint density at radius 2 is 1.91 bits per heavy atom. The summed E-state index contributed by atoms with van der Waals surface area (Å²) < 4.78 is 23.4. The third-order valence-electron chi connectivity index (χ3n) is 2.54. The summed E-state index contributed by atoms with van der Waals surface area (Å²) in [5, 5.41) is 5.18. The number of benzene rings is 1. The third kappa shape index (κ3) is 5.59. The molecule has 1 aromatic rings. The van der Waals surface area contributed by atoms with Gasteiger partial charge in [0.2, 0.25) is 0 Å². The Balaban J connectivity index is 2.81. The highest BCUT2D eigenvalue weighted by Gasteiger charge is 2.18. The molecule has 0 heterocycles. The van der Waals surface area contributed by atoms with Gasteiger partial charge in [-0.3, -0.25) is 5.32 Å². The summed E-state index contributed by atoms with van der Waals surface area (Å²) in [6.07, 6.45) is -0.647. The minimum Gasteiger partial charge on any atom is -0.467 e. The lowest BCUT2D eigenvalue weighted by Crippen LogP contribution is -2.28. The summed E-state index contributed by atoms with van der Waals surface area (Å²) in [4.78, 5) is 23.0. The van der Waals surface area contributed by atoms with E-state index in [0.29, 0.717) is 5.69 Å². The Bertz CT molecular complexity index is 555. The second-order valence-electron chi connectivity index (χ2n) is 5.71. The van der Waals surface area contributed by atoms with Crippen LogP contribution in [0.25, 0.3) is 0 Å². The van der Waals surface area contributed by atoms with Crippen molar-refractivity contribution in [3.8, 4) is 0 Å². The van der Waals surface area contributed by atoms with Crippen LogP contribution < -0.4 is 10.6 Å². The molecule has 1 atom stereocenters. The number of carbonyl (C=O) groups excluding carboxylic acids is 2. The molecule has 1 unspecified atom stereocenters. The quantitative estimate of drug-likeness (QED) is 0.835. The van der Waals surface area contributed by atoms with Crippen molar-refractivity contribution in [3.05, 3.63) is 24.0 Å². The van der Waals surface area contributed by atoms with Crippen LogP contribution in [0.5, 0.6) is 0 Å². The monoisotopic (exact) mass is 312 g/mol. The summed E-state index contributed by atoms with van der Waals surface area (Å²) in [7, 11) is 1.25. The molecule has 0 spiro atoms. The molecule has 0 aliphatic rings. The molecule has 0 aliphatic carbocycles. The first-order valence-corrected chi connectivity index (χ1v) is 6.76. The molecule has 1 amide bonds. The Morgan fingerprint density at radius 1 is 1.27 bits per heavy atom. The Hall–Kier alpha value is -2.31. The van der Waals surface area contributed by atoms with Gasteiger partial charge in [0.05, 0.1) is 12.8 Å². The number of nitrogens with one attached hydrogen (secondary N) is 2. The number of ether oxygens (including phenoxy) is 2. The highest BCUT2D eigenvalue weighted by Crippen LogP contribution is 2.21. The fraction of sp³-hybridized carbons (Fsp3) is 0.467. The summed E-state index contributed by atoms with van der Waals surface area (Å²) in [5.74, 6) is -1.07. The minimum absolute atomic E-state index is 0.0754. The van der Waals surface area contributed by atoms with Crippen molar-refractivity contribution in [3.63, 3.8) is 0 Å². The number of halogens is 1. The van der Waals surface area contributed by atoms with Gasteiger partial charge in [0.15, 0.2) is 0 Å². The number of anilines is 2. The molecule has 1 aromatic carbocycles. The van der Waals surface area contributed by atoms with E-state index in [2.05, 4.69) is 15.4 Å². The number of rotatable bonds is 4. The Morgan fingerprint density at radius 3 is 2.45 bits per heavy atom. The van der Waals surface area contributed by atoms with Crippen LogP contribution in [-0.2, 0) is 14.3 Å². The van der Waals surface area contributed by atoms with Crippen LogP contribution in [0.15, 0.2) is 18.2 Å². The third-order valence-corrected chi connectivity index (χ3v) is 2.54. The maximum absolute atomic E-state index is 13.7. The van der Waals surface area contributed by atoms with E-state index >= 15 is 0 Å². The van der Waals surface area contributed by atoms with E-state index < -0.39 is 29.5 Å². The first-order chi connectivity index (χ1) is 10.1. The van der Waals surface area contributed by atoms with E-state index in [1.54, 1.807) is 27.7 Å². The van der Waals surface area contributed by atoms with E-state index in [1.165, 1.54) is 25.3 Å². The Kier molecular flexibility index (Phi) is 5.73. The molecule has 22 heavy (non-hydrogen) atoms. The van der Waals surface area contributed by atoms with Crippen LogP contribution in [0.3, 0.4) is 0 Å². The van der Waals surface area contributed by atoms with Gasteiger partial charge in [-0.1, -0.05) is 0 Å². The zero-order valence-corrected chi connectivity index (χ0v) is 13.3. The zero-order chi connectivity index (χ0) is 16.9. The largest absolute Gasteiger partial charge is 0.467 e. The number of methoxy groups -OCH3 is 1. The summed E-state index contributed by atoms with van der Waals surface area (Å²) in [5.41, 5.74) is -0.216. The molecule has 0 aliphatic heterocycles. The lowest BCUT2D eigenvalue weighted by molar-refractivity contribution is -0.141. The lowest BCUT2D eigenvalue weighted by Gasteiger charge is -2.20. The maximum atomic E-state index is 13.7. The molecule has 1 rings (SSSR count). The molecule has 0 fully saturated rings.